The van der Waals surface area contributed by atoms with E-state index < -0.39 is 0 Å². The minimum Gasteiger partial charge on any atom is -0.360 e. The number of nitrogens with one attached hydrogen (secondary N) is 1. The highest BCUT2D eigenvalue weighted by Crippen LogP contribution is 2.28. The third-order valence-electron chi connectivity index (χ3n) is 2.82. The van der Waals surface area contributed by atoms with Gasteiger partial charge in [0.2, 0.25) is 0 Å². The maximum Gasteiger partial charge on any atom is 0.143 e. The first-order chi connectivity index (χ1) is 7.84. The van der Waals surface area contributed by atoms with Crippen LogP contribution in [0.5, 0.6) is 0 Å². The van der Waals surface area contributed by atoms with E-state index in [4.69, 9.17) is 4.52 Å². The highest BCUT2D eigenvalue weighted by Gasteiger charge is 2.19. The molecule has 82 valence electrons. The number of hydrogen-bond acceptors (Lipinski definition) is 3. The second kappa shape index (κ2) is 4.03. The van der Waals surface area contributed by atoms with Crippen LogP contribution in [-0.2, 0) is 13.0 Å². The van der Waals surface area contributed by atoms with Gasteiger partial charge in [0.25, 0.3) is 0 Å². The van der Waals surface area contributed by atoms with Gasteiger partial charge in [0, 0.05) is 35.1 Å². The van der Waals surface area contributed by atoms with Crippen LogP contribution in [0.2, 0.25) is 0 Å². The Kier molecular flexibility index (Phi) is 2.53. The quantitative estimate of drug-likeness (QED) is 0.872. The van der Waals surface area contributed by atoms with E-state index in [1.54, 1.807) is 0 Å². The molecular formula is C12H11BrN2O. The molecule has 1 aliphatic rings. The first kappa shape index (κ1) is 10.1. The molecule has 0 atom stereocenters. The molecule has 4 heteroatoms. The molecular weight excluding hydrogens is 268 g/mol. The molecule has 3 rings (SSSR count). The van der Waals surface area contributed by atoms with Crippen molar-refractivity contribution in [2.75, 3.05) is 6.54 Å². The summed E-state index contributed by atoms with van der Waals surface area (Å²) in [5.74, 6) is 1.02. The average Bonchev–Trinajstić information content (AvgIpc) is 2.74. The second-order valence-corrected chi connectivity index (χ2v) is 4.78. The maximum atomic E-state index is 5.37. The fourth-order valence-corrected chi connectivity index (χ4v) is 2.24. The number of halogens is 1. The summed E-state index contributed by atoms with van der Waals surface area (Å²) in [5, 5.41) is 7.51. The van der Waals surface area contributed by atoms with Crippen molar-refractivity contribution in [3.05, 3.63) is 40.1 Å². The van der Waals surface area contributed by atoms with Crippen LogP contribution in [-0.4, -0.2) is 11.7 Å². The molecule has 0 aliphatic carbocycles. The predicted molar refractivity (Wildman–Crippen MR) is 65.0 cm³/mol. The summed E-state index contributed by atoms with van der Waals surface area (Å²) in [7, 11) is 0. The van der Waals surface area contributed by atoms with Crippen molar-refractivity contribution in [2.24, 2.45) is 0 Å². The Hall–Kier alpha value is -1.13. The van der Waals surface area contributed by atoms with Crippen molar-refractivity contribution in [2.45, 2.75) is 13.0 Å². The van der Waals surface area contributed by atoms with Crippen LogP contribution in [0.4, 0.5) is 0 Å². The van der Waals surface area contributed by atoms with Gasteiger partial charge in [-0.05, 0) is 12.1 Å². The summed E-state index contributed by atoms with van der Waals surface area (Å²) in [6.45, 7) is 1.83. The fraction of sp³-hybridized carbons (Fsp3) is 0.250. The van der Waals surface area contributed by atoms with E-state index in [9.17, 15) is 0 Å². The summed E-state index contributed by atoms with van der Waals surface area (Å²) in [6, 6.07) is 8.15. The zero-order valence-corrected chi connectivity index (χ0v) is 10.3. The fourth-order valence-electron chi connectivity index (χ4n) is 1.97. The molecule has 0 saturated heterocycles. The third kappa shape index (κ3) is 1.68. The number of benzene rings is 1. The molecule has 2 heterocycles. The molecule has 2 aromatic rings. The molecule has 1 aliphatic heterocycles. The van der Waals surface area contributed by atoms with Crippen molar-refractivity contribution in [3.63, 3.8) is 0 Å². The van der Waals surface area contributed by atoms with E-state index in [0.29, 0.717) is 0 Å². The molecule has 0 saturated carbocycles. The predicted octanol–water partition coefficient (Wildman–Crippen LogP) is 2.75. The van der Waals surface area contributed by atoms with Crippen LogP contribution in [0.15, 0.2) is 33.3 Å². The number of hydrogen-bond donors (Lipinski definition) is 1. The van der Waals surface area contributed by atoms with Gasteiger partial charge in [-0.2, -0.15) is 0 Å². The lowest BCUT2D eigenvalue weighted by atomic mass is 10.0. The minimum absolute atomic E-state index is 0.851. The molecule has 0 radical (unpaired) electrons. The van der Waals surface area contributed by atoms with Gasteiger partial charge in [-0.1, -0.05) is 33.2 Å². The lowest BCUT2D eigenvalue weighted by Gasteiger charge is -2.11. The van der Waals surface area contributed by atoms with Crippen molar-refractivity contribution in [3.8, 4) is 11.3 Å². The van der Waals surface area contributed by atoms with Crippen molar-refractivity contribution in [1.29, 1.82) is 0 Å². The van der Waals surface area contributed by atoms with Crippen molar-refractivity contribution >= 4 is 15.9 Å². The topological polar surface area (TPSA) is 38.1 Å². The first-order valence-electron chi connectivity index (χ1n) is 5.28. The minimum atomic E-state index is 0.851. The maximum absolute atomic E-state index is 5.37. The molecule has 0 amide bonds. The zero-order valence-electron chi connectivity index (χ0n) is 8.66. The second-order valence-electron chi connectivity index (χ2n) is 3.87. The molecule has 1 N–H and O–H groups in total. The Morgan fingerprint density at radius 2 is 2.06 bits per heavy atom. The summed E-state index contributed by atoms with van der Waals surface area (Å²) in [5.41, 5.74) is 3.28. The van der Waals surface area contributed by atoms with Gasteiger partial charge < -0.3 is 9.84 Å². The Balaban J connectivity index is 2.06. The van der Waals surface area contributed by atoms with E-state index in [1.165, 1.54) is 5.56 Å². The van der Waals surface area contributed by atoms with Crippen LogP contribution in [0.25, 0.3) is 11.3 Å². The standard InChI is InChI=1S/C12H11BrN2O/c13-9-3-1-8(2-4-9)12-10-7-14-6-5-11(10)16-15-12/h1-4,14H,5-7H2. The first-order valence-corrected chi connectivity index (χ1v) is 6.08. The number of nitrogens with zero attached hydrogens (tertiary/aromatic N) is 1. The summed E-state index contributed by atoms with van der Waals surface area (Å²) < 4.78 is 6.45. The van der Waals surface area contributed by atoms with E-state index in [-0.39, 0.29) is 0 Å². The van der Waals surface area contributed by atoms with E-state index in [1.807, 2.05) is 12.1 Å². The molecule has 1 aromatic carbocycles. The zero-order chi connectivity index (χ0) is 11.0. The van der Waals surface area contributed by atoms with E-state index in [0.717, 1.165) is 41.0 Å². The van der Waals surface area contributed by atoms with Gasteiger partial charge >= 0.3 is 0 Å². The molecule has 1 aromatic heterocycles. The highest BCUT2D eigenvalue weighted by molar-refractivity contribution is 9.10. The van der Waals surface area contributed by atoms with Crippen LogP contribution in [0.3, 0.4) is 0 Å². The lowest BCUT2D eigenvalue weighted by molar-refractivity contribution is 0.374. The largest absolute Gasteiger partial charge is 0.360 e. The molecule has 0 unspecified atom stereocenters. The monoisotopic (exact) mass is 278 g/mol. The Bertz CT molecular complexity index is 504. The van der Waals surface area contributed by atoms with Crippen LogP contribution >= 0.6 is 15.9 Å². The Morgan fingerprint density at radius 3 is 2.88 bits per heavy atom. The van der Waals surface area contributed by atoms with Gasteiger partial charge in [0.05, 0.1) is 0 Å². The number of rotatable bonds is 1. The highest BCUT2D eigenvalue weighted by atomic mass is 79.9. The van der Waals surface area contributed by atoms with Gasteiger partial charge in [0.1, 0.15) is 11.5 Å². The summed E-state index contributed by atoms with van der Waals surface area (Å²) >= 11 is 3.43. The third-order valence-corrected chi connectivity index (χ3v) is 3.35. The lowest BCUT2D eigenvalue weighted by Crippen LogP contribution is -2.22. The van der Waals surface area contributed by atoms with Gasteiger partial charge in [-0.15, -0.1) is 0 Å². The van der Waals surface area contributed by atoms with Crippen LogP contribution in [0.1, 0.15) is 11.3 Å². The number of fused-ring (bicyclic) bond motifs is 1. The van der Waals surface area contributed by atoms with E-state index >= 15 is 0 Å². The normalized spacial score (nSPS) is 14.8. The van der Waals surface area contributed by atoms with E-state index in [2.05, 4.69) is 38.5 Å². The van der Waals surface area contributed by atoms with Crippen LogP contribution < -0.4 is 5.32 Å². The summed E-state index contributed by atoms with van der Waals surface area (Å²) in [6.07, 6.45) is 0.929. The molecule has 0 bridgehead atoms. The van der Waals surface area contributed by atoms with Gasteiger partial charge in [-0.3, -0.25) is 0 Å². The molecule has 16 heavy (non-hydrogen) atoms. The van der Waals surface area contributed by atoms with Gasteiger partial charge in [-0.25, -0.2) is 0 Å². The SMILES string of the molecule is Brc1ccc(-c2noc3c2CNCC3)cc1. The average molecular weight is 279 g/mol. The molecule has 0 spiro atoms. The smallest absolute Gasteiger partial charge is 0.143 e. The Morgan fingerprint density at radius 1 is 1.25 bits per heavy atom. The molecule has 3 nitrogen and oxygen atoms in total. The van der Waals surface area contributed by atoms with Crippen LogP contribution in [0, 0.1) is 0 Å². The van der Waals surface area contributed by atoms with Crippen molar-refractivity contribution in [1.82, 2.24) is 10.5 Å². The number of aromatic nitrogens is 1. The molecule has 0 fully saturated rings. The summed E-state index contributed by atoms with van der Waals surface area (Å²) in [4.78, 5) is 0. The Labute approximate surface area is 102 Å². The van der Waals surface area contributed by atoms with Gasteiger partial charge in [0.15, 0.2) is 0 Å². The van der Waals surface area contributed by atoms with Crippen molar-refractivity contribution < 1.29 is 4.52 Å².